The number of aromatic nitrogens is 2. The van der Waals surface area contributed by atoms with Gasteiger partial charge in [0.15, 0.2) is 0 Å². The predicted octanol–water partition coefficient (Wildman–Crippen LogP) is 5.37. The smallest absolute Gasteiger partial charge is 0.327 e. The van der Waals surface area contributed by atoms with Gasteiger partial charge in [-0.05, 0) is 83.5 Å². The van der Waals surface area contributed by atoms with Gasteiger partial charge in [0.2, 0.25) is 5.95 Å². The highest BCUT2D eigenvalue weighted by molar-refractivity contribution is 9.10. The van der Waals surface area contributed by atoms with Gasteiger partial charge in [0.05, 0.1) is 15.7 Å². The summed E-state index contributed by atoms with van der Waals surface area (Å²) in [5, 5.41) is 14.6. The molecule has 0 unspecified atom stereocenters. The summed E-state index contributed by atoms with van der Waals surface area (Å²) < 4.78 is 17.9. The van der Waals surface area contributed by atoms with Crippen molar-refractivity contribution in [3.05, 3.63) is 76.7 Å². The number of benzene rings is 2. The van der Waals surface area contributed by atoms with Crippen LogP contribution >= 0.6 is 27.9 Å². The van der Waals surface area contributed by atoms with E-state index in [1.54, 1.807) is 6.08 Å². The summed E-state index contributed by atoms with van der Waals surface area (Å²) >= 11 is 4.86. The summed E-state index contributed by atoms with van der Waals surface area (Å²) in [6.07, 6.45) is 6.95. The van der Waals surface area contributed by atoms with Crippen LogP contribution in [0.4, 0.5) is 27.5 Å². The molecule has 3 aromatic rings. The normalized spacial score (nSPS) is 10.9. The topological polar surface area (TPSA) is 142 Å². The van der Waals surface area contributed by atoms with Crippen molar-refractivity contribution >= 4 is 62.9 Å². The van der Waals surface area contributed by atoms with Crippen molar-refractivity contribution in [2.75, 3.05) is 17.2 Å². The largest absolute Gasteiger partial charge is 0.478 e. The van der Waals surface area contributed by atoms with Gasteiger partial charge in [0.25, 0.3) is 5.91 Å². The van der Waals surface area contributed by atoms with E-state index in [4.69, 9.17) is 10.8 Å². The minimum absolute atomic E-state index is 0.193. The lowest BCUT2D eigenvalue weighted by Gasteiger charge is -2.13. The van der Waals surface area contributed by atoms with Gasteiger partial charge >= 0.3 is 5.97 Å². The Balaban J connectivity index is 1.54. The Morgan fingerprint density at radius 1 is 1.14 bits per heavy atom. The van der Waals surface area contributed by atoms with Crippen LogP contribution in [0.25, 0.3) is 0 Å². The van der Waals surface area contributed by atoms with Gasteiger partial charge in [0, 0.05) is 29.4 Å². The Bertz CT molecular complexity index is 1240. The van der Waals surface area contributed by atoms with Gasteiger partial charge in [-0.15, -0.1) is 0 Å². The molecule has 0 spiro atoms. The average molecular weight is 575 g/mol. The molecule has 188 valence electrons. The molecule has 0 saturated heterocycles. The van der Waals surface area contributed by atoms with Crippen molar-refractivity contribution < 1.29 is 19.1 Å². The summed E-state index contributed by atoms with van der Waals surface area (Å²) in [4.78, 5) is 31.8. The van der Waals surface area contributed by atoms with Gasteiger partial charge in [0.1, 0.15) is 11.6 Å². The maximum absolute atomic E-state index is 14.1. The fraction of sp³-hybridized carbons (Fsp3) is 0.167. The number of nitrogens with zero attached hydrogens (tertiary/aromatic N) is 2. The summed E-state index contributed by atoms with van der Waals surface area (Å²) in [6, 6.07) is 11.8. The number of carbonyl (C=O) groups is 2. The van der Waals surface area contributed by atoms with Gasteiger partial charge in [-0.25, -0.2) is 14.2 Å². The second-order valence-electron chi connectivity index (χ2n) is 7.42. The number of amides is 1. The Morgan fingerprint density at radius 3 is 2.64 bits per heavy atom. The molecular weight excluding hydrogens is 551 g/mol. The summed E-state index contributed by atoms with van der Waals surface area (Å²) in [5.41, 5.74) is 6.02. The van der Waals surface area contributed by atoms with E-state index in [9.17, 15) is 14.0 Å². The van der Waals surface area contributed by atoms with Crippen LogP contribution in [0.2, 0.25) is 0 Å². The number of halogens is 2. The third kappa shape index (κ3) is 8.33. The second kappa shape index (κ2) is 13.6. The zero-order valence-electron chi connectivity index (χ0n) is 19.0. The number of carboxylic acid groups (broad SMARTS) is 1. The van der Waals surface area contributed by atoms with Crippen LogP contribution in [-0.2, 0) is 4.79 Å². The molecular formula is C24H24BrFN6O3S. The van der Waals surface area contributed by atoms with E-state index in [0.717, 1.165) is 42.5 Å². The van der Waals surface area contributed by atoms with Crippen LogP contribution in [0.5, 0.6) is 0 Å². The van der Waals surface area contributed by atoms with Crippen LogP contribution < -0.4 is 21.1 Å². The minimum atomic E-state index is -0.923. The molecule has 3 rings (SSSR count). The molecule has 1 amide bonds. The number of unbranched alkanes of at least 4 members (excludes halogenated alkanes) is 2. The van der Waals surface area contributed by atoms with Crippen molar-refractivity contribution in [2.24, 2.45) is 5.73 Å². The Hall–Kier alpha value is -3.48. The lowest BCUT2D eigenvalue weighted by molar-refractivity contribution is -0.131. The van der Waals surface area contributed by atoms with Crippen LogP contribution in [0, 0.1) is 5.82 Å². The number of hydrogen-bond acceptors (Lipinski definition) is 8. The quantitative estimate of drug-likeness (QED) is 0.103. The monoisotopic (exact) mass is 574 g/mol. The molecule has 2 aromatic carbocycles. The van der Waals surface area contributed by atoms with Crippen molar-refractivity contribution in [1.29, 1.82) is 0 Å². The second-order valence-corrected chi connectivity index (χ2v) is 9.24. The number of nitrogens with two attached hydrogens (primary N) is 1. The van der Waals surface area contributed by atoms with Gasteiger partial charge in [-0.2, -0.15) is 4.98 Å². The van der Waals surface area contributed by atoms with E-state index < -0.39 is 17.7 Å². The molecule has 0 aliphatic rings. The molecule has 1 aromatic heterocycles. The number of nitrogens with one attached hydrogen (secondary N) is 3. The van der Waals surface area contributed by atoms with Crippen molar-refractivity contribution in [3.63, 3.8) is 0 Å². The molecule has 6 N–H and O–H groups in total. The fourth-order valence-electron chi connectivity index (χ4n) is 3.03. The van der Waals surface area contributed by atoms with Crippen LogP contribution in [0.3, 0.4) is 0 Å². The Labute approximate surface area is 220 Å². The number of carbonyl (C=O) groups excluding carboxylic acids is 1. The van der Waals surface area contributed by atoms with Crippen LogP contribution in [0.1, 0.15) is 29.6 Å². The number of anilines is 4. The first-order valence-corrected chi connectivity index (χ1v) is 12.5. The third-order valence-electron chi connectivity index (χ3n) is 4.72. The van der Waals surface area contributed by atoms with E-state index in [-0.39, 0.29) is 11.3 Å². The summed E-state index contributed by atoms with van der Waals surface area (Å²) in [6.45, 7) is 0.802. The van der Waals surface area contributed by atoms with Gasteiger partial charge < -0.3 is 21.5 Å². The molecule has 0 atom stereocenters. The van der Waals surface area contributed by atoms with E-state index in [1.165, 1.54) is 36.4 Å². The number of allylic oxidation sites excluding steroid dienone is 1. The highest BCUT2D eigenvalue weighted by Gasteiger charge is 2.16. The van der Waals surface area contributed by atoms with E-state index in [2.05, 4.69) is 41.3 Å². The molecule has 0 radical (unpaired) electrons. The Kier molecular flexibility index (Phi) is 10.2. The van der Waals surface area contributed by atoms with Crippen molar-refractivity contribution in [2.45, 2.75) is 24.2 Å². The Morgan fingerprint density at radius 2 is 1.92 bits per heavy atom. The van der Waals surface area contributed by atoms with E-state index >= 15 is 0 Å². The lowest BCUT2D eigenvalue weighted by atomic mass is 10.1. The molecule has 0 aliphatic carbocycles. The van der Waals surface area contributed by atoms with Gasteiger partial charge in [-0.1, -0.05) is 12.1 Å². The first kappa shape index (κ1) is 27.1. The number of rotatable bonds is 13. The lowest BCUT2D eigenvalue weighted by Crippen LogP contribution is -2.16. The first-order chi connectivity index (χ1) is 17.3. The zero-order chi connectivity index (χ0) is 25.9. The summed E-state index contributed by atoms with van der Waals surface area (Å²) in [5.74, 6) is -1.91. The zero-order valence-corrected chi connectivity index (χ0v) is 21.4. The molecule has 9 nitrogen and oxygen atoms in total. The molecule has 36 heavy (non-hydrogen) atoms. The number of hydrogen-bond donors (Lipinski definition) is 5. The maximum Gasteiger partial charge on any atom is 0.327 e. The molecule has 0 aliphatic heterocycles. The van der Waals surface area contributed by atoms with Gasteiger partial charge in [-0.3, -0.25) is 9.52 Å². The van der Waals surface area contributed by atoms with E-state index in [1.807, 2.05) is 24.3 Å². The predicted molar refractivity (Wildman–Crippen MR) is 142 cm³/mol. The highest BCUT2D eigenvalue weighted by atomic mass is 79.9. The number of carboxylic acids is 1. The highest BCUT2D eigenvalue weighted by Crippen LogP contribution is 2.28. The molecule has 0 fully saturated rings. The number of primary amides is 1. The van der Waals surface area contributed by atoms with Crippen molar-refractivity contribution in [3.8, 4) is 0 Å². The molecule has 0 saturated carbocycles. The average Bonchev–Trinajstić information content (AvgIpc) is 2.83. The van der Waals surface area contributed by atoms with Crippen LogP contribution in [0.15, 0.2) is 70.2 Å². The fourth-order valence-corrected chi connectivity index (χ4v) is 4.01. The maximum atomic E-state index is 14.1. The number of aliphatic carboxylic acids is 1. The molecule has 0 bridgehead atoms. The minimum Gasteiger partial charge on any atom is -0.478 e. The molecule has 1 heterocycles. The van der Waals surface area contributed by atoms with E-state index in [0.29, 0.717) is 16.2 Å². The SMILES string of the molecule is NC(=O)c1c(F)cccc1Nc1nc(Nc2ccc(SNCCCC/C=C/C(=O)O)cc2)ncc1Br. The first-order valence-electron chi connectivity index (χ1n) is 10.9. The standard InChI is InChI=1S/C24H24BrFN6O3S/c25-17-14-28-24(32-23(17)31-19-7-5-6-18(26)21(19)22(27)35)30-15-9-11-16(12-10-15)36-29-13-4-2-1-3-8-20(33)34/h3,5-12,14,29H,1-2,4,13H2,(H2,27,35)(H,33,34)(H2,28,30,31,32)/b8-3+. The van der Waals surface area contributed by atoms with Crippen LogP contribution in [-0.4, -0.2) is 33.5 Å². The summed E-state index contributed by atoms with van der Waals surface area (Å²) in [7, 11) is 0. The van der Waals surface area contributed by atoms with Crippen molar-refractivity contribution in [1.82, 2.24) is 14.7 Å². The third-order valence-corrected chi connectivity index (χ3v) is 6.15. The molecule has 12 heteroatoms.